The number of anilines is 2. The second-order valence-electron chi connectivity index (χ2n) is 5.46. The molecule has 0 aliphatic carbocycles. The van der Waals surface area contributed by atoms with Gasteiger partial charge >= 0.3 is 0 Å². The van der Waals surface area contributed by atoms with Crippen molar-refractivity contribution in [3.8, 4) is 0 Å². The number of nitro benzene ring substituents is 1. The molecule has 10 heteroatoms. The van der Waals surface area contributed by atoms with Gasteiger partial charge in [0, 0.05) is 18.6 Å². The van der Waals surface area contributed by atoms with E-state index in [1.165, 1.54) is 23.1 Å². The summed E-state index contributed by atoms with van der Waals surface area (Å²) in [4.78, 5) is 38.4. The van der Waals surface area contributed by atoms with Crippen LogP contribution in [0.3, 0.4) is 0 Å². The number of aromatic nitrogens is 3. The van der Waals surface area contributed by atoms with Crippen molar-refractivity contribution in [3.05, 3.63) is 40.2 Å². The van der Waals surface area contributed by atoms with E-state index >= 15 is 0 Å². The van der Waals surface area contributed by atoms with Gasteiger partial charge in [-0.1, -0.05) is 6.07 Å². The molecule has 1 aliphatic heterocycles. The molecule has 1 aromatic carbocycles. The Hall–Kier alpha value is -3.30. The molecule has 1 atom stereocenters. The van der Waals surface area contributed by atoms with Gasteiger partial charge in [-0.3, -0.25) is 25.0 Å². The molecule has 2 amide bonds. The second kappa shape index (κ2) is 6.07. The van der Waals surface area contributed by atoms with Crippen LogP contribution in [0.4, 0.5) is 17.3 Å². The monoisotopic (exact) mass is 330 g/mol. The van der Waals surface area contributed by atoms with Crippen LogP contribution in [0.2, 0.25) is 0 Å². The van der Waals surface area contributed by atoms with Crippen LogP contribution in [0.15, 0.2) is 24.5 Å². The van der Waals surface area contributed by atoms with E-state index in [0.29, 0.717) is 17.2 Å². The first-order chi connectivity index (χ1) is 11.4. The zero-order valence-corrected chi connectivity index (χ0v) is 12.7. The molecule has 3 rings (SSSR count). The number of rotatable bonds is 4. The van der Waals surface area contributed by atoms with Crippen molar-refractivity contribution < 1.29 is 14.5 Å². The van der Waals surface area contributed by atoms with Gasteiger partial charge in [-0.2, -0.15) is 10.1 Å². The van der Waals surface area contributed by atoms with Crippen LogP contribution in [0, 0.1) is 23.0 Å². The minimum Gasteiger partial charge on any atom is -0.326 e. The van der Waals surface area contributed by atoms with Crippen LogP contribution in [0.5, 0.6) is 0 Å². The molecule has 1 unspecified atom stereocenters. The van der Waals surface area contributed by atoms with Crippen molar-refractivity contribution in [2.45, 2.75) is 19.9 Å². The zero-order valence-electron chi connectivity index (χ0n) is 12.7. The average molecular weight is 330 g/mol. The zero-order chi connectivity index (χ0) is 17.3. The lowest BCUT2D eigenvalue weighted by atomic mass is 10.0. The fourth-order valence-electron chi connectivity index (χ4n) is 2.44. The molecular formula is C14H14N6O4. The van der Waals surface area contributed by atoms with E-state index in [0.717, 1.165) is 0 Å². The molecule has 2 aromatic rings. The third-order valence-corrected chi connectivity index (χ3v) is 3.75. The van der Waals surface area contributed by atoms with Gasteiger partial charge in [0.05, 0.1) is 23.1 Å². The Bertz CT molecular complexity index is 830. The van der Waals surface area contributed by atoms with Crippen LogP contribution >= 0.6 is 0 Å². The Balaban J connectivity index is 1.69. The molecular weight excluding hydrogens is 316 g/mol. The summed E-state index contributed by atoms with van der Waals surface area (Å²) in [5, 5.41) is 20.0. The fourth-order valence-corrected chi connectivity index (χ4v) is 2.44. The summed E-state index contributed by atoms with van der Waals surface area (Å²) in [6.07, 6.45) is 1.26. The molecule has 10 nitrogen and oxygen atoms in total. The molecule has 1 aromatic heterocycles. The minimum absolute atomic E-state index is 0.0622. The quantitative estimate of drug-likeness (QED) is 0.637. The summed E-state index contributed by atoms with van der Waals surface area (Å²) >= 11 is 0. The lowest BCUT2D eigenvalue weighted by molar-refractivity contribution is -0.384. The van der Waals surface area contributed by atoms with Crippen LogP contribution in [0.25, 0.3) is 0 Å². The third kappa shape index (κ3) is 3.07. The second-order valence-corrected chi connectivity index (χ2v) is 5.46. The molecule has 0 saturated carbocycles. The van der Waals surface area contributed by atoms with E-state index in [9.17, 15) is 19.7 Å². The Morgan fingerprint density at radius 3 is 3.08 bits per heavy atom. The Morgan fingerprint density at radius 1 is 1.54 bits per heavy atom. The highest BCUT2D eigenvalue weighted by Gasteiger charge is 2.29. The first-order valence-corrected chi connectivity index (χ1v) is 7.17. The molecule has 2 N–H and O–H groups in total. The highest BCUT2D eigenvalue weighted by molar-refractivity contribution is 5.98. The highest BCUT2D eigenvalue weighted by Crippen LogP contribution is 2.23. The van der Waals surface area contributed by atoms with Gasteiger partial charge in [-0.15, -0.1) is 0 Å². The number of aryl methyl sites for hydroxylation is 1. The number of nitrogens with one attached hydrogen (secondary N) is 2. The molecule has 24 heavy (non-hydrogen) atoms. The van der Waals surface area contributed by atoms with Crippen molar-refractivity contribution in [2.75, 3.05) is 10.6 Å². The lowest BCUT2D eigenvalue weighted by Gasteiger charge is -2.21. The first-order valence-electron chi connectivity index (χ1n) is 7.17. The first kappa shape index (κ1) is 15.6. The van der Waals surface area contributed by atoms with Crippen molar-refractivity contribution in [3.63, 3.8) is 0 Å². The van der Waals surface area contributed by atoms with E-state index < -0.39 is 16.7 Å². The van der Waals surface area contributed by atoms with Crippen LogP contribution in [-0.2, 0) is 16.1 Å². The van der Waals surface area contributed by atoms with Gasteiger partial charge in [0.25, 0.3) is 5.69 Å². The molecule has 0 bridgehead atoms. The lowest BCUT2D eigenvalue weighted by Crippen LogP contribution is -2.36. The Kier molecular flexibility index (Phi) is 3.94. The third-order valence-electron chi connectivity index (χ3n) is 3.75. The number of hydrogen-bond acceptors (Lipinski definition) is 6. The van der Waals surface area contributed by atoms with Gasteiger partial charge in [-0.25, -0.2) is 4.68 Å². The van der Waals surface area contributed by atoms with Gasteiger partial charge in [-0.05, 0) is 12.5 Å². The van der Waals surface area contributed by atoms with Gasteiger partial charge < -0.3 is 5.32 Å². The number of nitro groups is 1. The van der Waals surface area contributed by atoms with Gasteiger partial charge in [0.1, 0.15) is 6.33 Å². The predicted octanol–water partition coefficient (Wildman–Crippen LogP) is 1.09. The maximum absolute atomic E-state index is 12.2. The minimum atomic E-state index is -0.585. The van der Waals surface area contributed by atoms with Gasteiger partial charge in [0.2, 0.25) is 17.8 Å². The Morgan fingerprint density at radius 2 is 2.33 bits per heavy atom. The number of fused-ring (bicyclic) bond motifs is 1. The number of amides is 2. The molecule has 0 fully saturated rings. The van der Waals surface area contributed by atoms with Crippen molar-refractivity contribution in [1.29, 1.82) is 0 Å². The predicted molar refractivity (Wildman–Crippen MR) is 83.2 cm³/mol. The highest BCUT2D eigenvalue weighted by atomic mass is 16.6. The molecule has 0 saturated heterocycles. The van der Waals surface area contributed by atoms with Crippen LogP contribution in [-0.4, -0.2) is 31.5 Å². The Labute approximate surface area is 136 Å². The summed E-state index contributed by atoms with van der Waals surface area (Å²) in [5.41, 5.74) is 0.936. The summed E-state index contributed by atoms with van der Waals surface area (Å²) in [5.74, 6) is -0.937. The average Bonchev–Trinajstić information content (AvgIpc) is 2.96. The van der Waals surface area contributed by atoms with Crippen LogP contribution in [0.1, 0.15) is 12.0 Å². The molecule has 2 heterocycles. The van der Waals surface area contributed by atoms with Gasteiger partial charge in [0.15, 0.2) is 0 Å². The number of non-ortho nitro benzene ring substituents is 1. The van der Waals surface area contributed by atoms with E-state index in [-0.39, 0.29) is 24.6 Å². The van der Waals surface area contributed by atoms with E-state index in [2.05, 4.69) is 20.7 Å². The maximum Gasteiger partial charge on any atom is 0.271 e. The normalized spacial score (nSPS) is 16.2. The van der Waals surface area contributed by atoms with E-state index in [1.807, 2.05) is 0 Å². The van der Waals surface area contributed by atoms with Crippen molar-refractivity contribution >= 4 is 29.1 Å². The summed E-state index contributed by atoms with van der Waals surface area (Å²) in [6, 6.07) is 4.22. The SMILES string of the molecule is Cc1ccc([N+](=O)[O-])cc1NC(=O)CC1Cn2ncnc2NC1=O. The van der Waals surface area contributed by atoms with E-state index in [1.54, 1.807) is 13.0 Å². The maximum atomic E-state index is 12.2. The molecule has 124 valence electrons. The largest absolute Gasteiger partial charge is 0.326 e. The summed E-state index contributed by atoms with van der Waals surface area (Å²) < 4.78 is 1.51. The molecule has 0 spiro atoms. The number of benzene rings is 1. The summed E-state index contributed by atoms with van der Waals surface area (Å²) in [6.45, 7) is 1.98. The number of carbonyl (C=O) groups excluding carboxylic acids is 2. The number of carbonyl (C=O) groups is 2. The van der Waals surface area contributed by atoms with Crippen molar-refractivity contribution in [2.24, 2.45) is 5.92 Å². The molecule has 0 radical (unpaired) electrons. The van der Waals surface area contributed by atoms with Crippen molar-refractivity contribution in [1.82, 2.24) is 14.8 Å². The fraction of sp³-hybridized carbons (Fsp3) is 0.286. The number of nitrogens with zero attached hydrogens (tertiary/aromatic N) is 4. The molecule has 1 aliphatic rings. The summed E-state index contributed by atoms with van der Waals surface area (Å²) in [7, 11) is 0. The standard InChI is InChI=1S/C14H14N6O4/c1-8-2-3-10(20(23)24)5-11(8)17-12(21)4-9-6-19-14(15-7-16-19)18-13(9)22/h2-3,5,7,9H,4,6H2,1H3,(H,17,21)(H,15,16,18,22). The smallest absolute Gasteiger partial charge is 0.271 e. The van der Waals surface area contributed by atoms with Crippen LogP contribution < -0.4 is 10.6 Å². The topological polar surface area (TPSA) is 132 Å². The number of hydrogen-bond donors (Lipinski definition) is 2. The van der Waals surface area contributed by atoms with E-state index in [4.69, 9.17) is 0 Å².